The van der Waals surface area contributed by atoms with Crippen molar-refractivity contribution >= 4 is 17.7 Å². The largest absolute Gasteiger partial charge is 0.480 e. The Hall–Kier alpha value is -0.220. The Morgan fingerprint density at radius 1 is 1.33 bits per heavy atom. The highest BCUT2D eigenvalue weighted by Crippen LogP contribution is 2.27. The fraction of sp³-hybridized carbons (Fsp3) is 0.909. The van der Waals surface area contributed by atoms with Crippen LogP contribution in [0.25, 0.3) is 0 Å². The maximum atomic E-state index is 10.5. The van der Waals surface area contributed by atoms with E-state index in [1.165, 1.54) is 38.5 Å². The molecule has 3 nitrogen and oxygen atoms in total. The lowest BCUT2D eigenvalue weighted by molar-refractivity contribution is -0.138. The van der Waals surface area contributed by atoms with Crippen molar-refractivity contribution in [3.05, 3.63) is 0 Å². The summed E-state index contributed by atoms with van der Waals surface area (Å²) in [5, 5.41) is 9.37. The second-order valence-corrected chi connectivity index (χ2v) is 5.63. The molecule has 0 aromatic rings. The summed E-state index contributed by atoms with van der Waals surface area (Å²) < 4.78 is 0. The predicted octanol–water partition coefficient (Wildman–Crippen LogP) is 2.24. The summed E-state index contributed by atoms with van der Waals surface area (Å²) in [5.74, 6) is 0.00877. The molecule has 3 N–H and O–H groups in total. The lowest BCUT2D eigenvalue weighted by Gasteiger charge is -2.14. The van der Waals surface area contributed by atoms with Crippen molar-refractivity contribution in [3.8, 4) is 0 Å². The van der Waals surface area contributed by atoms with Crippen LogP contribution in [0, 0.1) is 0 Å². The van der Waals surface area contributed by atoms with Gasteiger partial charge in [0.05, 0.1) is 0 Å². The number of thioether (sulfide) groups is 1. The zero-order chi connectivity index (χ0) is 11.1. The van der Waals surface area contributed by atoms with Crippen molar-refractivity contribution in [2.75, 3.05) is 5.75 Å². The molecule has 1 saturated carbocycles. The average molecular weight is 231 g/mol. The molecule has 0 saturated heterocycles. The minimum atomic E-state index is -0.878. The van der Waals surface area contributed by atoms with Crippen LogP contribution in [0.1, 0.15) is 44.9 Å². The van der Waals surface area contributed by atoms with Gasteiger partial charge < -0.3 is 10.8 Å². The van der Waals surface area contributed by atoms with E-state index in [4.69, 9.17) is 10.8 Å². The molecular formula is C11H21NO2S. The average Bonchev–Trinajstić information content (AvgIpc) is 2.46. The maximum Gasteiger partial charge on any atom is 0.320 e. The van der Waals surface area contributed by atoms with Crippen LogP contribution in [0.4, 0.5) is 0 Å². The number of hydrogen-bond donors (Lipinski definition) is 2. The zero-order valence-electron chi connectivity index (χ0n) is 9.15. The summed E-state index contributed by atoms with van der Waals surface area (Å²) in [4.78, 5) is 10.5. The Morgan fingerprint density at radius 2 is 1.93 bits per heavy atom. The molecule has 1 aliphatic carbocycles. The van der Waals surface area contributed by atoms with Gasteiger partial charge in [0.25, 0.3) is 0 Å². The lowest BCUT2D eigenvalue weighted by Crippen LogP contribution is -2.30. The van der Waals surface area contributed by atoms with Crippen LogP contribution in [0.3, 0.4) is 0 Å². The molecule has 1 rings (SSSR count). The fourth-order valence-corrected chi connectivity index (χ4v) is 3.28. The molecule has 0 radical (unpaired) electrons. The maximum absolute atomic E-state index is 10.5. The summed E-state index contributed by atoms with van der Waals surface area (Å²) in [5.41, 5.74) is 5.45. The van der Waals surface area contributed by atoms with Gasteiger partial charge in [0.15, 0.2) is 0 Å². The number of nitrogens with two attached hydrogens (primary N) is 1. The minimum absolute atomic E-state index is 0.594. The number of hydrogen-bond acceptors (Lipinski definition) is 3. The Morgan fingerprint density at radius 3 is 2.47 bits per heavy atom. The number of aliphatic carboxylic acids is 1. The number of rotatable bonds is 5. The van der Waals surface area contributed by atoms with Gasteiger partial charge in [0.1, 0.15) is 6.04 Å². The van der Waals surface area contributed by atoms with Gasteiger partial charge in [-0.2, -0.15) is 11.8 Å². The summed E-state index contributed by atoms with van der Waals surface area (Å²) in [6.07, 6.45) is 8.60. The van der Waals surface area contributed by atoms with E-state index in [-0.39, 0.29) is 0 Å². The standard InChI is InChI=1S/C11H21NO2S/c12-10(11(13)14)7-8-15-9-5-3-1-2-4-6-9/h9-10H,1-8,12H2,(H,13,14). The van der Waals surface area contributed by atoms with Crippen molar-refractivity contribution in [1.29, 1.82) is 0 Å². The van der Waals surface area contributed by atoms with Gasteiger partial charge in [-0.3, -0.25) is 4.79 Å². The molecule has 15 heavy (non-hydrogen) atoms. The van der Waals surface area contributed by atoms with Crippen LogP contribution in [0.5, 0.6) is 0 Å². The Labute approximate surface area is 95.8 Å². The summed E-state index contributed by atoms with van der Waals surface area (Å²) in [6.45, 7) is 0. The monoisotopic (exact) mass is 231 g/mol. The first kappa shape index (κ1) is 12.8. The predicted molar refractivity (Wildman–Crippen MR) is 64.2 cm³/mol. The fourth-order valence-electron chi connectivity index (χ4n) is 1.89. The second kappa shape index (κ2) is 7.12. The highest BCUT2D eigenvalue weighted by atomic mass is 32.2. The molecule has 0 amide bonds. The van der Waals surface area contributed by atoms with E-state index >= 15 is 0 Å². The molecule has 0 heterocycles. The molecule has 0 aromatic carbocycles. The number of carboxylic acids is 1. The van der Waals surface area contributed by atoms with Crippen LogP contribution in [0.2, 0.25) is 0 Å². The molecule has 0 bridgehead atoms. The van der Waals surface area contributed by atoms with Gasteiger partial charge in [0.2, 0.25) is 0 Å². The molecule has 88 valence electrons. The molecule has 1 aliphatic rings. The second-order valence-electron chi connectivity index (χ2n) is 4.22. The summed E-state index contributed by atoms with van der Waals surface area (Å²) in [6, 6.07) is -0.678. The first-order valence-electron chi connectivity index (χ1n) is 5.80. The van der Waals surface area contributed by atoms with Crippen molar-refractivity contribution in [1.82, 2.24) is 0 Å². The van der Waals surface area contributed by atoms with E-state index in [1.807, 2.05) is 11.8 Å². The third-order valence-corrected chi connectivity index (χ3v) is 4.32. The molecule has 4 heteroatoms. The SMILES string of the molecule is NC(CCSC1CCCCCC1)C(=O)O. The Bertz CT molecular complexity index is 191. The van der Waals surface area contributed by atoms with Crippen molar-refractivity contribution in [2.45, 2.75) is 56.2 Å². The van der Waals surface area contributed by atoms with E-state index in [0.29, 0.717) is 6.42 Å². The van der Waals surface area contributed by atoms with E-state index < -0.39 is 12.0 Å². The van der Waals surface area contributed by atoms with Gasteiger partial charge in [-0.05, 0) is 25.0 Å². The van der Waals surface area contributed by atoms with Gasteiger partial charge in [-0.15, -0.1) is 0 Å². The smallest absolute Gasteiger partial charge is 0.320 e. The first-order chi connectivity index (χ1) is 7.20. The molecular weight excluding hydrogens is 210 g/mol. The van der Waals surface area contributed by atoms with Gasteiger partial charge in [0, 0.05) is 5.25 Å². The van der Waals surface area contributed by atoms with Crippen molar-refractivity contribution < 1.29 is 9.90 Å². The zero-order valence-corrected chi connectivity index (χ0v) is 9.97. The third-order valence-electron chi connectivity index (χ3n) is 2.90. The van der Waals surface area contributed by atoms with Crippen molar-refractivity contribution in [3.63, 3.8) is 0 Å². The molecule has 1 atom stereocenters. The Kier molecular flexibility index (Phi) is 6.10. The lowest BCUT2D eigenvalue weighted by atomic mass is 10.2. The summed E-state index contributed by atoms with van der Waals surface area (Å²) >= 11 is 1.91. The van der Waals surface area contributed by atoms with E-state index in [2.05, 4.69) is 0 Å². The number of carboxylic acid groups (broad SMARTS) is 1. The highest BCUT2D eigenvalue weighted by molar-refractivity contribution is 7.99. The van der Waals surface area contributed by atoms with Gasteiger partial charge in [-0.25, -0.2) is 0 Å². The van der Waals surface area contributed by atoms with Crippen LogP contribution in [0.15, 0.2) is 0 Å². The molecule has 0 aromatic heterocycles. The molecule has 0 aliphatic heterocycles. The van der Waals surface area contributed by atoms with Crippen LogP contribution in [-0.4, -0.2) is 28.1 Å². The van der Waals surface area contributed by atoms with Crippen molar-refractivity contribution in [2.24, 2.45) is 5.73 Å². The third kappa shape index (κ3) is 5.42. The number of carbonyl (C=O) groups is 1. The highest BCUT2D eigenvalue weighted by Gasteiger charge is 2.15. The topological polar surface area (TPSA) is 63.3 Å². The normalized spacial score (nSPS) is 20.9. The van der Waals surface area contributed by atoms with Crippen LogP contribution in [-0.2, 0) is 4.79 Å². The van der Waals surface area contributed by atoms with E-state index in [0.717, 1.165) is 11.0 Å². The minimum Gasteiger partial charge on any atom is -0.480 e. The van der Waals surface area contributed by atoms with Crippen LogP contribution >= 0.6 is 11.8 Å². The Balaban J connectivity index is 2.10. The molecule has 1 fully saturated rings. The molecule has 1 unspecified atom stereocenters. The van der Waals surface area contributed by atoms with E-state index in [1.54, 1.807) is 0 Å². The molecule has 0 spiro atoms. The van der Waals surface area contributed by atoms with Gasteiger partial charge in [-0.1, -0.05) is 25.7 Å². The quantitative estimate of drug-likeness (QED) is 0.712. The first-order valence-corrected chi connectivity index (χ1v) is 6.85. The van der Waals surface area contributed by atoms with E-state index in [9.17, 15) is 4.79 Å². The van der Waals surface area contributed by atoms with Crippen LogP contribution < -0.4 is 5.73 Å². The summed E-state index contributed by atoms with van der Waals surface area (Å²) in [7, 11) is 0. The van der Waals surface area contributed by atoms with Gasteiger partial charge >= 0.3 is 5.97 Å².